The van der Waals surface area contributed by atoms with Gasteiger partial charge in [-0.05, 0) is 63.1 Å². The molecule has 0 aliphatic carbocycles. The number of thiophene rings is 1. The number of amides is 1. The Kier molecular flexibility index (Phi) is 6.40. The summed E-state index contributed by atoms with van der Waals surface area (Å²) in [7, 11) is 0. The molecule has 0 radical (unpaired) electrons. The number of nitrogens with one attached hydrogen (secondary N) is 1. The zero-order valence-electron chi connectivity index (χ0n) is 14.2. The second-order valence-corrected chi connectivity index (χ2v) is 7.07. The third-order valence-electron chi connectivity index (χ3n) is 3.51. The van der Waals surface area contributed by atoms with Gasteiger partial charge in [0.1, 0.15) is 5.75 Å². The monoisotopic (exact) mass is 364 g/mol. The van der Waals surface area contributed by atoms with Crippen molar-refractivity contribution in [1.82, 2.24) is 5.43 Å². The van der Waals surface area contributed by atoms with E-state index in [1.807, 2.05) is 19.9 Å². The number of nitrogens with zero attached hydrogens (tertiary/aromatic N) is 1. The fraction of sp³-hybridized carbons (Fsp3) is 0.333. The Morgan fingerprint density at radius 3 is 2.75 bits per heavy atom. The Morgan fingerprint density at radius 2 is 2.12 bits per heavy atom. The smallest absolute Gasteiger partial charge is 0.280 e. The molecule has 1 aromatic heterocycles. The summed E-state index contributed by atoms with van der Waals surface area (Å²) in [6.07, 6.45) is 0.339. The van der Waals surface area contributed by atoms with Crippen LogP contribution in [0, 0.1) is 6.92 Å². The molecule has 2 aromatic rings. The van der Waals surface area contributed by atoms with Crippen molar-refractivity contribution >= 4 is 34.6 Å². The lowest BCUT2D eigenvalue weighted by atomic mass is 10.2. The van der Waals surface area contributed by atoms with Crippen LogP contribution in [0.5, 0.6) is 5.75 Å². The first-order valence-corrected chi connectivity index (χ1v) is 8.96. The Bertz CT molecular complexity index is 755. The molecular formula is C18H21ClN2O2S. The quantitative estimate of drug-likeness (QED) is 0.602. The van der Waals surface area contributed by atoms with Crippen molar-refractivity contribution in [3.8, 4) is 5.75 Å². The second kappa shape index (κ2) is 8.31. The first-order chi connectivity index (χ1) is 11.4. The van der Waals surface area contributed by atoms with Gasteiger partial charge in [0.05, 0.1) is 10.6 Å². The number of benzene rings is 1. The largest absolute Gasteiger partial charge is 0.481 e. The highest BCUT2D eigenvalue weighted by Gasteiger charge is 2.15. The van der Waals surface area contributed by atoms with E-state index in [-0.39, 0.29) is 5.91 Å². The summed E-state index contributed by atoms with van der Waals surface area (Å²) in [5.41, 5.74) is 4.23. The van der Waals surface area contributed by atoms with E-state index >= 15 is 0 Å². The number of halogens is 1. The van der Waals surface area contributed by atoms with E-state index in [0.717, 1.165) is 22.6 Å². The Morgan fingerprint density at radius 1 is 1.38 bits per heavy atom. The summed E-state index contributed by atoms with van der Waals surface area (Å²) in [6, 6.07) is 9.39. The third kappa shape index (κ3) is 4.82. The molecule has 2 rings (SSSR count). The first-order valence-electron chi connectivity index (χ1n) is 7.76. The number of rotatable bonds is 6. The molecule has 0 fully saturated rings. The minimum atomic E-state index is -0.657. The molecule has 0 saturated carbocycles. The van der Waals surface area contributed by atoms with Crippen LogP contribution in [0.2, 0.25) is 5.02 Å². The zero-order chi connectivity index (χ0) is 17.7. The summed E-state index contributed by atoms with van der Waals surface area (Å²) >= 11 is 7.60. The molecule has 1 unspecified atom stereocenters. The number of hydrogen-bond donors (Lipinski definition) is 1. The molecule has 1 aromatic carbocycles. The van der Waals surface area contributed by atoms with Crippen LogP contribution in [-0.4, -0.2) is 17.7 Å². The number of hydrazone groups is 1. The van der Waals surface area contributed by atoms with Crippen LogP contribution in [0.4, 0.5) is 0 Å². The van der Waals surface area contributed by atoms with E-state index in [1.54, 1.807) is 36.5 Å². The maximum Gasteiger partial charge on any atom is 0.280 e. The number of ether oxygens (including phenoxy) is 1. The highest BCUT2D eigenvalue weighted by Crippen LogP contribution is 2.23. The summed E-state index contributed by atoms with van der Waals surface area (Å²) in [6.45, 7) is 7.56. The van der Waals surface area contributed by atoms with Gasteiger partial charge in [-0.2, -0.15) is 5.10 Å². The van der Waals surface area contributed by atoms with Crippen molar-refractivity contribution in [1.29, 1.82) is 0 Å². The summed E-state index contributed by atoms with van der Waals surface area (Å²) < 4.78 is 5.68. The van der Waals surface area contributed by atoms with Crippen molar-refractivity contribution in [3.63, 3.8) is 0 Å². The molecule has 0 aliphatic heterocycles. The van der Waals surface area contributed by atoms with Gasteiger partial charge in [-0.25, -0.2) is 5.43 Å². The average molecular weight is 365 g/mol. The predicted molar refractivity (Wildman–Crippen MR) is 100 cm³/mol. The Labute approximate surface area is 151 Å². The molecule has 6 heteroatoms. The van der Waals surface area contributed by atoms with Gasteiger partial charge in [-0.15, -0.1) is 11.3 Å². The van der Waals surface area contributed by atoms with Crippen LogP contribution in [0.3, 0.4) is 0 Å². The number of carbonyl (C=O) groups excluding carboxylic acids is 1. The van der Waals surface area contributed by atoms with Crippen molar-refractivity contribution in [2.45, 2.75) is 40.2 Å². The van der Waals surface area contributed by atoms with E-state index in [0.29, 0.717) is 10.8 Å². The van der Waals surface area contributed by atoms with E-state index < -0.39 is 6.10 Å². The summed E-state index contributed by atoms with van der Waals surface area (Å²) in [4.78, 5) is 14.5. The predicted octanol–water partition coefficient (Wildman–Crippen LogP) is 4.58. The molecule has 0 spiro atoms. The van der Waals surface area contributed by atoms with Gasteiger partial charge in [0.25, 0.3) is 5.91 Å². The molecule has 1 atom stereocenters. The van der Waals surface area contributed by atoms with Crippen LogP contribution < -0.4 is 10.2 Å². The Balaban J connectivity index is 1.96. The van der Waals surface area contributed by atoms with Gasteiger partial charge in [-0.3, -0.25) is 4.79 Å². The van der Waals surface area contributed by atoms with Gasteiger partial charge in [0, 0.05) is 9.90 Å². The first kappa shape index (κ1) is 18.5. The standard InChI is InChI=1S/C18H21ClN2O2S/c1-5-15-7-9-17(24-15)12(3)20-21-18(22)13(4)23-16-8-6-14(19)10-11(16)2/h6-10,13H,5H2,1-4H3,(H,21,22)/b20-12+. The van der Waals surface area contributed by atoms with Crippen LogP contribution in [0.25, 0.3) is 0 Å². The van der Waals surface area contributed by atoms with Gasteiger partial charge in [0.2, 0.25) is 0 Å². The second-order valence-electron chi connectivity index (χ2n) is 5.46. The lowest BCUT2D eigenvalue weighted by Crippen LogP contribution is -2.34. The zero-order valence-corrected chi connectivity index (χ0v) is 15.8. The normalized spacial score (nSPS) is 12.8. The molecular weight excluding hydrogens is 344 g/mol. The maximum absolute atomic E-state index is 12.2. The minimum Gasteiger partial charge on any atom is -0.481 e. The van der Waals surface area contributed by atoms with Gasteiger partial charge in [0.15, 0.2) is 6.10 Å². The van der Waals surface area contributed by atoms with E-state index in [1.165, 1.54) is 4.88 Å². The molecule has 1 amide bonds. The van der Waals surface area contributed by atoms with Crippen molar-refractivity contribution in [2.75, 3.05) is 0 Å². The van der Waals surface area contributed by atoms with E-state index in [2.05, 4.69) is 23.5 Å². The number of hydrogen-bond acceptors (Lipinski definition) is 4. The minimum absolute atomic E-state index is 0.295. The average Bonchev–Trinajstić information content (AvgIpc) is 3.04. The molecule has 4 nitrogen and oxygen atoms in total. The van der Waals surface area contributed by atoms with Crippen LogP contribution >= 0.6 is 22.9 Å². The van der Waals surface area contributed by atoms with Crippen molar-refractivity contribution in [2.24, 2.45) is 5.10 Å². The van der Waals surface area contributed by atoms with Crippen LogP contribution in [0.1, 0.15) is 36.1 Å². The van der Waals surface area contributed by atoms with Crippen LogP contribution in [0.15, 0.2) is 35.4 Å². The number of aryl methyl sites for hydroxylation is 2. The summed E-state index contributed by atoms with van der Waals surface area (Å²) in [5.74, 6) is 0.338. The van der Waals surface area contributed by atoms with Crippen LogP contribution in [-0.2, 0) is 11.2 Å². The molecule has 24 heavy (non-hydrogen) atoms. The fourth-order valence-electron chi connectivity index (χ4n) is 2.04. The molecule has 0 saturated heterocycles. The van der Waals surface area contributed by atoms with E-state index in [9.17, 15) is 4.79 Å². The third-order valence-corrected chi connectivity index (χ3v) is 5.08. The molecule has 1 heterocycles. The lowest BCUT2D eigenvalue weighted by Gasteiger charge is -2.15. The maximum atomic E-state index is 12.2. The lowest BCUT2D eigenvalue weighted by molar-refractivity contribution is -0.127. The Hall–Kier alpha value is -1.85. The highest BCUT2D eigenvalue weighted by atomic mass is 35.5. The molecule has 1 N–H and O–H groups in total. The summed E-state index contributed by atoms with van der Waals surface area (Å²) in [5, 5.41) is 4.81. The van der Waals surface area contributed by atoms with Crippen molar-refractivity contribution < 1.29 is 9.53 Å². The molecule has 128 valence electrons. The topological polar surface area (TPSA) is 50.7 Å². The van der Waals surface area contributed by atoms with E-state index in [4.69, 9.17) is 16.3 Å². The van der Waals surface area contributed by atoms with Crippen molar-refractivity contribution in [3.05, 3.63) is 50.7 Å². The molecule has 0 aliphatic rings. The van der Waals surface area contributed by atoms with Gasteiger partial charge in [-0.1, -0.05) is 18.5 Å². The fourth-order valence-corrected chi connectivity index (χ4v) is 3.16. The molecule has 0 bridgehead atoms. The van der Waals surface area contributed by atoms with Gasteiger partial charge >= 0.3 is 0 Å². The number of carbonyl (C=O) groups is 1. The van der Waals surface area contributed by atoms with Gasteiger partial charge < -0.3 is 4.74 Å². The SMILES string of the molecule is CCc1ccc(/C(C)=N/NC(=O)C(C)Oc2ccc(Cl)cc2C)s1. The highest BCUT2D eigenvalue weighted by molar-refractivity contribution is 7.14.